The van der Waals surface area contributed by atoms with E-state index in [1.807, 2.05) is 0 Å². The van der Waals surface area contributed by atoms with E-state index < -0.39 is 5.78 Å². The first-order chi connectivity index (χ1) is 7.24. The van der Waals surface area contributed by atoms with Gasteiger partial charge in [0.25, 0.3) is 5.78 Å². The van der Waals surface area contributed by atoms with E-state index in [4.69, 9.17) is 9.26 Å². The fraction of sp³-hybridized carbons (Fsp3) is 0.375. The number of Topliss-reactive ketones (excluding diaryl/α,β-unsaturated/α-hetero) is 1. The van der Waals surface area contributed by atoms with Crippen molar-refractivity contribution in [2.75, 3.05) is 14.2 Å². The van der Waals surface area contributed by atoms with Crippen molar-refractivity contribution in [3.8, 4) is 0 Å². The van der Waals surface area contributed by atoms with Crippen LogP contribution in [-0.2, 0) is 14.9 Å². The number of methoxy groups -OCH3 is 1. The fourth-order valence-electron chi connectivity index (χ4n) is 0.894. The zero-order valence-corrected chi connectivity index (χ0v) is 9.78. The summed E-state index contributed by atoms with van der Waals surface area (Å²) in [4.78, 5) is 16.2. The summed E-state index contributed by atoms with van der Waals surface area (Å²) in [6.07, 6.45) is 1.45. The van der Waals surface area contributed by atoms with Gasteiger partial charge in [-0.15, -0.1) is 0 Å². The number of ketones is 1. The summed E-state index contributed by atoms with van der Waals surface area (Å²) in [6, 6.07) is 0. The molecule has 0 saturated carbocycles. The van der Waals surface area contributed by atoms with E-state index in [-0.39, 0.29) is 11.7 Å². The van der Waals surface area contributed by atoms with E-state index in [0.717, 1.165) is 0 Å². The van der Waals surface area contributed by atoms with Gasteiger partial charge in [0.1, 0.15) is 7.11 Å². The topological polar surface area (TPSA) is 73.9 Å². The maximum Gasteiger partial charge on any atom is 0.302 e. The van der Waals surface area contributed by atoms with E-state index in [9.17, 15) is 4.79 Å². The lowest BCUT2D eigenvalue weighted by molar-refractivity contribution is 0.0983. The number of hydrogen-bond donors (Lipinski definition) is 0. The number of aromatic nitrogens is 1. The minimum atomic E-state index is -0.508. The standard InChI is InChI=1S/C8H9BrN2O4/c1-13-8(11-14-2)6(12)7-5(3-9)4-10-15-7/h4H,3H2,1-2H3. The molecule has 0 bridgehead atoms. The van der Waals surface area contributed by atoms with Crippen LogP contribution in [0.2, 0.25) is 0 Å². The predicted molar refractivity (Wildman–Crippen MR) is 54.9 cm³/mol. The van der Waals surface area contributed by atoms with Crippen LogP contribution >= 0.6 is 15.9 Å². The molecule has 0 atom stereocenters. The highest BCUT2D eigenvalue weighted by atomic mass is 79.9. The molecule has 0 aliphatic rings. The van der Waals surface area contributed by atoms with Crippen LogP contribution in [0.5, 0.6) is 0 Å². The molecule has 7 heteroatoms. The van der Waals surface area contributed by atoms with E-state index in [1.54, 1.807) is 0 Å². The molecule has 0 aliphatic heterocycles. The number of rotatable bonds is 4. The van der Waals surface area contributed by atoms with Crippen molar-refractivity contribution in [2.24, 2.45) is 5.16 Å². The second-order valence-electron chi connectivity index (χ2n) is 2.43. The minimum absolute atomic E-state index is 0.0875. The predicted octanol–water partition coefficient (Wildman–Crippen LogP) is 1.36. The third-order valence-electron chi connectivity index (χ3n) is 1.56. The number of alkyl halides is 1. The minimum Gasteiger partial charge on any atom is -0.476 e. The van der Waals surface area contributed by atoms with Crippen molar-refractivity contribution in [3.63, 3.8) is 0 Å². The van der Waals surface area contributed by atoms with Crippen molar-refractivity contribution >= 4 is 27.6 Å². The molecule has 1 heterocycles. The maximum atomic E-state index is 11.7. The Morgan fingerprint density at radius 1 is 1.67 bits per heavy atom. The molecule has 0 fully saturated rings. The number of oxime groups is 1. The van der Waals surface area contributed by atoms with Crippen LogP contribution in [-0.4, -0.2) is 31.1 Å². The molecule has 0 saturated heterocycles. The van der Waals surface area contributed by atoms with Crippen LogP contribution in [0.25, 0.3) is 0 Å². The zero-order chi connectivity index (χ0) is 11.3. The Hall–Kier alpha value is -1.37. The van der Waals surface area contributed by atoms with Crippen molar-refractivity contribution in [1.82, 2.24) is 5.16 Å². The third-order valence-corrected chi connectivity index (χ3v) is 2.16. The lowest BCUT2D eigenvalue weighted by atomic mass is 10.2. The smallest absolute Gasteiger partial charge is 0.302 e. The summed E-state index contributed by atoms with van der Waals surface area (Å²) in [5.41, 5.74) is 0.626. The second-order valence-corrected chi connectivity index (χ2v) is 2.99. The number of hydrogen-bond acceptors (Lipinski definition) is 6. The first-order valence-corrected chi connectivity index (χ1v) is 5.06. The van der Waals surface area contributed by atoms with Crippen molar-refractivity contribution < 1.29 is 18.9 Å². The lowest BCUT2D eigenvalue weighted by Gasteiger charge is -2.00. The maximum absolute atomic E-state index is 11.7. The van der Waals surface area contributed by atoms with E-state index >= 15 is 0 Å². The summed E-state index contributed by atoms with van der Waals surface area (Å²) in [5.74, 6) is -0.604. The summed E-state index contributed by atoms with van der Waals surface area (Å²) in [6.45, 7) is 0. The van der Waals surface area contributed by atoms with Crippen molar-refractivity contribution in [3.05, 3.63) is 17.5 Å². The van der Waals surface area contributed by atoms with Gasteiger partial charge in [0.05, 0.1) is 13.3 Å². The van der Waals surface area contributed by atoms with Gasteiger partial charge in [0.2, 0.25) is 5.76 Å². The Morgan fingerprint density at radius 3 is 2.93 bits per heavy atom. The van der Waals surface area contributed by atoms with Gasteiger partial charge in [-0.25, -0.2) is 0 Å². The van der Waals surface area contributed by atoms with Crippen LogP contribution in [0.4, 0.5) is 0 Å². The summed E-state index contributed by atoms with van der Waals surface area (Å²) in [7, 11) is 2.64. The largest absolute Gasteiger partial charge is 0.476 e. The Balaban J connectivity index is 2.98. The van der Waals surface area contributed by atoms with Gasteiger partial charge in [0, 0.05) is 10.9 Å². The molecule has 0 aliphatic carbocycles. The molecule has 0 aromatic carbocycles. The Kier molecular flexibility index (Phi) is 4.29. The van der Waals surface area contributed by atoms with Crippen LogP contribution in [0.15, 0.2) is 15.9 Å². The van der Waals surface area contributed by atoms with E-state index in [1.165, 1.54) is 20.4 Å². The van der Waals surface area contributed by atoms with Gasteiger partial charge in [-0.05, 0) is 5.16 Å². The Labute approximate surface area is 94.3 Å². The molecule has 82 valence electrons. The Morgan fingerprint density at radius 2 is 2.40 bits per heavy atom. The molecule has 0 amide bonds. The average Bonchev–Trinajstić information content (AvgIpc) is 2.72. The van der Waals surface area contributed by atoms with Crippen molar-refractivity contribution in [2.45, 2.75) is 5.33 Å². The lowest BCUT2D eigenvalue weighted by Crippen LogP contribution is -2.17. The number of carbonyl (C=O) groups is 1. The second kappa shape index (κ2) is 5.50. The molecule has 6 nitrogen and oxygen atoms in total. The highest BCUT2D eigenvalue weighted by molar-refractivity contribution is 9.08. The van der Waals surface area contributed by atoms with Crippen LogP contribution in [0.1, 0.15) is 16.1 Å². The molecule has 15 heavy (non-hydrogen) atoms. The fourth-order valence-corrected chi connectivity index (χ4v) is 1.29. The van der Waals surface area contributed by atoms with Crippen molar-refractivity contribution in [1.29, 1.82) is 0 Å². The summed E-state index contributed by atoms with van der Waals surface area (Å²) in [5, 5.41) is 7.39. The average molecular weight is 277 g/mol. The number of halogens is 1. The van der Waals surface area contributed by atoms with Gasteiger partial charge in [0.15, 0.2) is 0 Å². The molecular formula is C8H9BrN2O4. The van der Waals surface area contributed by atoms with Crippen LogP contribution in [0.3, 0.4) is 0 Å². The van der Waals surface area contributed by atoms with Gasteiger partial charge >= 0.3 is 5.90 Å². The van der Waals surface area contributed by atoms with Gasteiger partial charge in [-0.1, -0.05) is 21.1 Å². The quantitative estimate of drug-likeness (QED) is 0.273. The zero-order valence-electron chi connectivity index (χ0n) is 8.19. The molecule has 1 aromatic heterocycles. The highest BCUT2D eigenvalue weighted by Crippen LogP contribution is 2.13. The SMILES string of the molecule is CON=C(OC)C(=O)c1oncc1CBr. The summed E-state index contributed by atoms with van der Waals surface area (Å²) < 4.78 is 9.55. The van der Waals surface area contributed by atoms with Crippen LogP contribution in [0, 0.1) is 0 Å². The molecule has 1 aromatic rings. The number of ether oxygens (including phenoxy) is 1. The van der Waals surface area contributed by atoms with Gasteiger partial charge in [-0.2, -0.15) is 0 Å². The highest BCUT2D eigenvalue weighted by Gasteiger charge is 2.23. The van der Waals surface area contributed by atoms with Gasteiger partial charge < -0.3 is 14.1 Å². The monoisotopic (exact) mass is 276 g/mol. The Bertz CT molecular complexity index is 374. The number of nitrogens with zero attached hydrogens (tertiary/aromatic N) is 2. The molecule has 1 rings (SSSR count). The summed E-state index contributed by atoms with van der Waals surface area (Å²) >= 11 is 3.20. The molecular weight excluding hydrogens is 268 g/mol. The molecule has 0 radical (unpaired) electrons. The van der Waals surface area contributed by atoms with Crippen LogP contribution < -0.4 is 0 Å². The third kappa shape index (κ3) is 2.56. The number of carbonyl (C=O) groups excluding carboxylic acids is 1. The normalized spacial score (nSPS) is 11.3. The molecule has 0 spiro atoms. The first-order valence-electron chi connectivity index (χ1n) is 3.94. The first kappa shape index (κ1) is 11.7. The molecule has 0 N–H and O–H groups in total. The van der Waals surface area contributed by atoms with Gasteiger partial charge in [-0.3, -0.25) is 4.79 Å². The molecule has 0 unspecified atom stereocenters. The van der Waals surface area contributed by atoms with E-state index in [0.29, 0.717) is 10.9 Å². The van der Waals surface area contributed by atoms with E-state index in [2.05, 4.69) is 31.1 Å².